The Kier molecular flexibility index (Phi) is 5.68. The van der Waals surface area contributed by atoms with Gasteiger partial charge in [0.25, 0.3) is 0 Å². The van der Waals surface area contributed by atoms with Gasteiger partial charge >= 0.3 is 0 Å². The van der Waals surface area contributed by atoms with Crippen molar-refractivity contribution in [3.63, 3.8) is 0 Å². The maximum atomic E-state index is 8.99. The van der Waals surface area contributed by atoms with E-state index in [0.29, 0.717) is 0 Å². The van der Waals surface area contributed by atoms with Crippen LogP contribution in [-0.4, -0.2) is 26.2 Å². The van der Waals surface area contributed by atoms with Gasteiger partial charge in [-0.1, -0.05) is 43.7 Å². The first-order valence-electron chi connectivity index (χ1n) is 10.3. The predicted octanol–water partition coefficient (Wildman–Crippen LogP) is 5.23. The molecule has 0 bridgehead atoms. The molecule has 0 amide bonds. The van der Waals surface area contributed by atoms with Gasteiger partial charge in [-0.05, 0) is 49.4 Å². The van der Waals surface area contributed by atoms with E-state index in [2.05, 4.69) is 58.9 Å². The molecule has 2 aromatic heterocycles. The molecule has 0 aliphatic heterocycles. The summed E-state index contributed by atoms with van der Waals surface area (Å²) in [4.78, 5) is 9.53. The molecule has 0 spiro atoms. The Bertz CT molecular complexity index is 1070. The SMILES string of the molecule is CCCCc1nc2cnc3ccccc3c2n1-c1ccc(CCCCO)cc1. The Morgan fingerprint density at radius 2 is 1.71 bits per heavy atom. The summed E-state index contributed by atoms with van der Waals surface area (Å²) in [6.07, 6.45) is 7.99. The number of nitrogens with zero attached hydrogens (tertiary/aromatic N) is 3. The number of benzene rings is 2. The van der Waals surface area contributed by atoms with E-state index in [0.717, 1.165) is 72.0 Å². The van der Waals surface area contributed by atoms with Crippen LogP contribution in [0.3, 0.4) is 0 Å². The van der Waals surface area contributed by atoms with Gasteiger partial charge in [0, 0.05) is 24.1 Å². The first kappa shape index (κ1) is 18.6. The summed E-state index contributed by atoms with van der Waals surface area (Å²) in [5.74, 6) is 1.10. The third-order valence-electron chi connectivity index (χ3n) is 5.28. The number of aliphatic hydroxyl groups excluding tert-OH is 1. The molecule has 4 heteroatoms. The number of hydrogen-bond donors (Lipinski definition) is 1. The van der Waals surface area contributed by atoms with Gasteiger partial charge in [-0.2, -0.15) is 0 Å². The fourth-order valence-corrected chi connectivity index (χ4v) is 3.78. The highest BCUT2D eigenvalue weighted by Gasteiger charge is 2.15. The Balaban J connectivity index is 1.82. The van der Waals surface area contributed by atoms with Crippen molar-refractivity contribution in [1.82, 2.24) is 14.5 Å². The minimum Gasteiger partial charge on any atom is -0.396 e. The van der Waals surface area contributed by atoms with Crippen molar-refractivity contribution in [2.24, 2.45) is 0 Å². The van der Waals surface area contributed by atoms with E-state index < -0.39 is 0 Å². The molecule has 1 N–H and O–H groups in total. The summed E-state index contributed by atoms with van der Waals surface area (Å²) in [5.41, 5.74) is 5.56. The van der Waals surface area contributed by atoms with Crippen molar-refractivity contribution in [3.05, 3.63) is 66.1 Å². The molecule has 0 unspecified atom stereocenters. The quantitative estimate of drug-likeness (QED) is 0.430. The van der Waals surface area contributed by atoms with Crippen molar-refractivity contribution >= 4 is 21.9 Å². The highest BCUT2D eigenvalue weighted by molar-refractivity contribution is 6.03. The second kappa shape index (κ2) is 8.53. The van der Waals surface area contributed by atoms with Crippen LogP contribution in [0.1, 0.15) is 44.0 Å². The van der Waals surface area contributed by atoms with Gasteiger partial charge in [0.15, 0.2) is 0 Å². The lowest BCUT2D eigenvalue weighted by Crippen LogP contribution is -2.02. The van der Waals surface area contributed by atoms with E-state index in [9.17, 15) is 0 Å². The summed E-state index contributed by atoms with van der Waals surface area (Å²) >= 11 is 0. The van der Waals surface area contributed by atoms with Gasteiger partial charge in [0.2, 0.25) is 0 Å². The molecule has 2 aromatic carbocycles. The van der Waals surface area contributed by atoms with Crippen molar-refractivity contribution in [1.29, 1.82) is 0 Å². The Morgan fingerprint density at radius 3 is 2.50 bits per heavy atom. The first-order chi connectivity index (χ1) is 13.8. The number of aromatic nitrogens is 3. The number of imidazole rings is 1. The predicted molar refractivity (Wildman–Crippen MR) is 115 cm³/mol. The van der Waals surface area contributed by atoms with Gasteiger partial charge in [-0.3, -0.25) is 9.55 Å². The summed E-state index contributed by atoms with van der Waals surface area (Å²) in [5, 5.41) is 10.1. The maximum Gasteiger partial charge on any atom is 0.114 e. The molecule has 0 aliphatic carbocycles. The Labute approximate surface area is 165 Å². The van der Waals surface area contributed by atoms with Gasteiger partial charge < -0.3 is 5.11 Å². The van der Waals surface area contributed by atoms with Gasteiger partial charge in [0.05, 0.1) is 17.2 Å². The van der Waals surface area contributed by atoms with Crippen molar-refractivity contribution in [3.8, 4) is 5.69 Å². The molecule has 0 fully saturated rings. The molecule has 0 aliphatic rings. The molecule has 4 nitrogen and oxygen atoms in total. The zero-order valence-corrected chi connectivity index (χ0v) is 16.4. The minimum atomic E-state index is 0.265. The number of rotatable bonds is 8. The highest BCUT2D eigenvalue weighted by atomic mass is 16.2. The molecular weight excluding hydrogens is 346 g/mol. The molecule has 0 saturated carbocycles. The lowest BCUT2D eigenvalue weighted by molar-refractivity contribution is 0.284. The smallest absolute Gasteiger partial charge is 0.114 e. The van der Waals surface area contributed by atoms with Crippen LogP contribution in [-0.2, 0) is 12.8 Å². The molecule has 4 aromatic rings. The lowest BCUT2D eigenvalue weighted by Gasteiger charge is -2.11. The third kappa shape index (κ3) is 3.65. The molecule has 144 valence electrons. The number of fused-ring (bicyclic) bond motifs is 3. The second-order valence-corrected chi connectivity index (χ2v) is 7.32. The normalized spacial score (nSPS) is 11.5. The molecule has 0 saturated heterocycles. The zero-order chi connectivity index (χ0) is 19.3. The standard InChI is InChI=1S/C24H27N3O/c1-2-3-11-23-26-22-17-25-21-10-5-4-9-20(21)24(22)27(23)19-14-12-18(13-15-19)8-6-7-16-28/h4-5,9-10,12-15,17,28H,2-3,6-8,11,16H2,1H3. The number of unbranched alkanes of at least 4 members (excludes halogenated alkanes) is 2. The number of hydrogen-bond acceptors (Lipinski definition) is 3. The van der Waals surface area contributed by atoms with E-state index in [4.69, 9.17) is 10.1 Å². The van der Waals surface area contributed by atoms with E-state index in [-0.39, 0.29) is 6.61 Å². The van der Waals surface area contributed by atoms with Gasteiger partial charge in [-0.15, -0.1) is 0 Å². The van der Waals surface area contributed by atoms with E-state index >= 15 is 0 Å². The van der Waals surface area contributed by atoms with Crippen molar-refractivity contribution in [2.45, 2.75) is 45.4 Å². The second-order valence-electron chi connectivity index (χ2n) is 7.32. The van der Waals surface area contributed by atoms with Gasteiger partial charge in [0.1, 0.15) is 11.3 Å². The molecular formula is C24H27N3O. The monoisotopic (exact) mass is 373 g/mol. The van der Waals surface area contributed by atoms with Crippen LogP contribution in [0.15, 0.2) is 54.7 Å². The van der Waals surface area contributed by atoms with E-state index in [1.165, 1.54) is 5.56 Å². The fraction of sp³-hybridized carbons (Fsp3) is 0.333. The average molecular weight is 374 g/mol. The Hall–Kier alpha value is -2.72. The van der Waals surface area contributed by atoms with Crippen LogP contribution in [0.2, 0.25) is 0 Å². The van der Waals surface area contributed by atoms with E-state index in [1.807, 2.05) is 12.3 Å². The number of aryl methyl sites for hydroxylation is 2. The fourth-order valence-electron chi connectivity index (χ4n) is 3.78. The molecule has 0 radical (unpaired) electrons. The van der Waals surface area contributed by atoms with Crippen LogP contribution in [0.5, 0.6) is 0 Å². The van der Waals surface area contributed by atoms with Crippen LogP contribution < -0.4 is 0 Å². The third-order valence-corrected chi connectivity index (χ3v) is 5.28. The van der Waals surface area contributed by atoms with Crippen LogP contribution in [0.25, 0.3) is 27.6 Å². The van der Waals surface area contributed by atoms with E-state index in [1.54, 1.807) is 0 Å². The molecule has 28 heavy (non-hydrogen) atoms. The topological polar surface area (TPSA) is 50.9 Å². The number of para-hydroxylation sites is 1. The summed E-state index contributed by atoms with van der Waals surface area (Å²) in [7, 11) is 0. The molecule has 0 atom stereocenters. The number of aliphatic hydroxyl groups is 1. The van der Waals surface area contributed by atoms with Crippen molar-refractivity contribution in [2.75, 3.05) is 6.61 Å². The summed E-state index contributed by atoms with van der Waals surface area (Å²) < 4.78 is 2.31. The van der Waals surface area contributed by atoms with Crippen molar-refractivity contribution < 1.29 is 5.11 Å². The lowest BCUT2D eigenvalue weighted by atomic mass is 10.1. The number of pyridine rings is 1. The highest BCUT2D eigenvalue weighted by Crippen LogP contribution is 2.28. The molecule has 2 heterocycles. The Morgan fingerprint density at radius 1 is 0.893 bits per heavy atom. The van der Waals surface area contributed by atoms with Crippen LogP contribution in [0.4, 0.5) is 0 Å². The largest absolute Gasteiger partial charge is 0.396 e. The maximum absolute atomic E-state index is 8.99. The minimum absolute atomic E-state index is 0.265. The zero-order valence-electron chi connectivity index (χ0n) is 16.4. The first-order valence-corrected chi connectivity index (χ1v) is 10.3. The molecule has 4 rings (SSSR count). The summed E-state index contributed by atoms with van der Waals surface area (Å²) in [6.45, 7) is 2.48. The van der Waals surface area contributed by atoms with Crippen LogP contribution in [0, 0.1) is 0 Å². The average Bonchev–Trinajstić information content (AvgIpc) is 3.12. The van der Waals surface area contributed by atoms with Gasteiger partial charge in [-0.25, -0.2) is 4.98 Å². The van der Waals surface area contributed by atoms with Crippen LogP contribution >= 0.6 is 0 Å². The summed E-state index contributed by atoms with van der Waals surface area (Å²) in [6, 6.07) is 17.1.